The fourth-order valence-corrected chi connectivity index (χ4v) is 5.50. The minimum Gasteiger partial charge on any atom is -0.383 e. The van der Waals surface area contributed by atoms with Crippen LogP contribution in [0.25, 0.3) is 11.3 Å². The van der Waals surface area contributed by atoms with Gasteiger partial charge in [-0.05, 0) is 23.1 Å². The number of carbonyl (C=O) groups excluding carboxylic acids is 2. The number of nitrogens with zero attached hydrogens (tertiary/aromatic N) is 3. The van der Waals surface area contributed by atoms with Crippen molar-refractivity contribution in [3.05, 3.63) is 94.2 Å². The van der Waals surface area contributed by atoms with Crippen molar-refractivity contribution < 1.29 is 14.3 Å². The van der Waals surface area contributed by atoms with Gasteiger partial charge in [0.05, 0.1) is 24.3 Å². The number of aryl methyl sites for hydroxylation is 1. The molecule has 0 aliphatic carbocycles. The minimum absolute atomic E-state index is 0.0907. The smallest absolute Gasteiger partial charge is 0.254 e. The predicted molar refractivity (Wildman–Crippen MR) is 136 cm³/mol. The standard InChI is InChI=1S/C27H26N4O3S/c1-30-23(17-21(29-30)18-9-4-3-5-10-18)28-26(32)24-19-11-6-7-12-20(19)27(33)31(14-15-34-2)25(24)22-13-8-16-35-22/h3-13,16-17,24-25H,14-15H2,1-2H3,(H,28,32). The second-order valence-corrected chi connectivity index (χ2v) is 9.39. The Morgan fingerprint density at radius 3 is 2.60 bits per heavy atom. The molecule has 2 unspecified atom stereocenters. The van der Waals surface area contributed by atoms with Gasteiger partial charge in [0.15, 0.2) is 0 Å². The van der Waals surface area contributed by atoms with E-state index in [-0.39, 0.29) is 11.8 Å². The van der Waals surface area contributed by atoms with Crippen molar-refractivity contribution in [3.63, 3.8) is 0 Å². The summed E-state index contributed by atoms with van der Waals surface area (Å²) in [6, 6.07) is 22.6. The Hall–Kier alpha value is -3.75. The summed E-state index contributed by atoms with van der Waals surface area (Å²) in [5.41, 5.74) is 3.03. The average Bonchev–Trinajstić information content (AvgIpc) is 3.54. The second kappa shape index (κ2) is 9.85. The first-order valence-corrected chi connectivity index (χ1v) is 12.3. The quantitative estimate of drug-likeness (QED) is 0.410. The van der Waals surface area contributed by atoms with E-state index < -0.39 is 12.0 Å². The molecule has 0 spiro atoms. The van der Waals surface area contributed by atoms with Crippen LogP contribution in [0.2, 0.25) is 0 Å². The lowest BCUT2D eigenvalue weighted by Crippen LogP contribution is -2.47. The number of thiophene rings is 1. The first-order valence-electron chi connectivity index (χ1n) is 11.4. The van der Waals surface area contributed by atoms with Crippen LogP contribution < -0.4 is 5.32 Å². The second-order valence-electron chi connectivity index (χ2n) is 8.41. The number of carbonyl (C=O) groups is 2. The summed E-state index contributed by atoms with van der Waals surface area (Å²) in [4.78, 5) is 30.2. The van der Waals surface area contributed by atoms with Gasteiger partial charge in [0.2, 0.25) is 5.91 Å². The molecule has 0 fully saturated rings. The van der Waals surface area contributed by atoms with Gasteiger partial charge in [0, 0.05) is 42.8 Å². The van der Waals surface area contributed by atoms with Gasteiger partial charge in [-0.1, -0.05) is 54.6 Å². The van der Waals surface area contributed by atoms with Gasteiger partial charge < -0.3 is 15.0 Å². The highest BCUT2D eigenvalue weighted by atomic mass is 32.1. The van der Waals surface area contributed by atoms with Gasteiger partial charge in [0.25, 0.3) is 5.91 Å². The Morgan fingerprint density at radius 1 is 1.09 bits per heavy atom. The van der Waals surface area contributed by atoms with Crippen LogP contribution in [-0.2, 0) is 16.6 Å². The van der Waals surface area contributed by atoms with E-state index in [0.717, 1.165) is 21.7 Å². The Balaban J connectivity index is 1.54. The molecule has 2 aromatic heterocycles. The lowest BCUT2D eigenvalue weighted by molar-refractivity contribution is -0.119. The molecule has 4 aromatic rings. The molecule has 1 N–H and O–H groups in total. The van der Waals surface area contributed by atoms with Crippen molar-refractivity contribution >= 4 is 29.0 Å². The zero-order chi connectivity index (χ0) is 24.4. The van der Waals surface area contributed by atoms with Gasteiger partial charge in [-0.3, -0.25) is 14.3 Å². The first kappa shape index (κ1) is 23.0. The van der Waals surface area contributed by atoms with E-state index in [9.17, 15) is 9.59 Å². The predicted octanol–water partition coefficient (Wildman–Crippen LogP) is 4.71. The van der Waals surface area contributed by atoms with E-state index in [1.165, 1.54) is 0 Å². The van der Waals surface area contributed by atoms with Gasteiger partial charge in [-0.2, -0.15) is 5.10 Å². The molecule has 1 aliphatic rings. The van der Waals surface area contributed by atoms with Crippen LogP contribution in [0, 0.1) is 0 Å². The Kier molecular flexibility index (Phi) is 6.48. The molecule has 1 aliphatic heterocycles. The largest absolute Gasteiger partial charge is 0.383 e. The number of fused-ring (bicyclic) bond motifs is 1. The number of aromatic nitrogens is 2. The van der Waals surface area contributed by atoms with Gasteiger partial charge in [-0.15, -0.1) is 11.3 Å². The average molecular weight is 487 g/mol. The number of benzene rings is 2. The summed E-state index contributed by atoms with van der Waals surface area (Å²) in [5, 5.41) is 9.64. The van der Waals surface area contributed by atoms with Crippen molar-refractivity contribution in [2.45, 2.75) is 12.0 Å². The molecular weight excluding hydrogens is 460 g/mol. The third kappa shape index (κ3) is 4.38. The molecule has 3 heterocycles. The van der Waals surface area contributed by atoms with Crippen LogP contribution in [0.3, 0.4) is 0 Å². The van der Waals surface area contributed by atoms with Crippen LogP contribution in [0.5, 0.6) is 0 Å². The fraction of sp³-hybridized carbons (Fsp3) is 0.222. The summed E-state index contributed by atoms with van der Waals surface area (Å²) < 4.78 is 6.97. The maximum atomic E-state index is 13.9. The molecule has 0 bridgehead atoms. The zero-order valence-corrected chi connectivity index (χ0v) is 20.4. The van der Waals surface area contributed by atoms with Crippen molar-refractivity contribution in [1.82, 2.24) is 14.7 Å². The van der Waals surface area contributed by atoms with Gasteiger partial charge in [-0.25, -0.2) is 0 Å². The Morgan fingerprint density at radius 2 is 1.86 bits per heavy atom. The molecule has 0 saturated heterocycles. The SMILES string of the molecule is COCCN1C(=O)c2ccccc2C(C(=O)Nc2cc(-c3ccccc3)nn2C)C1c1cccs1. The number of amides is 2. The van der Waals surface area contributed by atoms with Crippen LogP contribution in [-0.4, -0.2) is 46.8 Å². The minimum atomic E-state index is -0.588. The van der Waals surface area contributed by atoms with Crippen molar-refractivity contribution in [2.75, 3.05) is 25.6 Å². The normalized spacial score (nSPS) is 17.3. The van der Waals surface area contributed by atoms with Gasteiger partial charge >= 0.3 is 0 Å². The van der Waals surface area contributed by atoms with Crippen molar-refractivity contribution in [3.8, 4) is 11.3 Å². The number of hydrogen-bond donors (Lipinski definition) is 1. The number of methoxy groups -OCH3 is 1. The zero-order valence-electron chi connectivity index (χ0n) is 19.5. The molecular formula is C27H26N4O3S. The van der Waals surface area contributed by atoms with Crippen molar-refractivity contribution in [2.24, 2.45) is 7.05 Å². The lowest BCUT2D eigenvalue weighted by Gasteiger charge is -2.41. The highest BCUT2D eigenvalue weighted by Gasteiger charge is 2.44. The molecule has 2 amide bonds. The van der Waals surface area contributed by atoms with E-state index >= 15 is 0 Å². The van der Waals surface area contributed by atoms with Crippen molar-refractivity contribution in [1.29, 1.82) is 0 Å². The van der Waals surface area contributed by atoms with E-state index in [0.29, 0.717) is 24.5 Å². The Bertz CT molecular complexity index is 1330. The number of ether oxygens (including phenoxy) is 1. The molecule has 0 radical (unpaired) electrons. The van der Waals surface area contributed by atoms with Crippen LogP contribution in [0.1, 0.15) is 32.8 Å². The molecule has 0 saturated carbocycles. The lowest BCUT2D eigenvalue weighted by atomic mass is 9.81. The van der Waals surface area contributed by atoms with Gasteiger partial charge in [0.1, 0.15) is 5.82 Å². The maximum Gasteiger partial charge on any atom is 0.254 e. The third-order valence-electron chi connectivity index (χ3n) is 6.29. The summed E-state index contributed by atoms with van der Waals surface area (Å²) in [7, 11) is 3.42. The maximum absolute atomic E-state index is 13.9. The molecule has 7 nitrogen and oxygen atoms in total. The van der Waals surface area contributed by atoms with E-state index in [1.807, 2.05) is 79.2 Å². The Labute approximate surface area is 208 Å². The summed E-state index contributed by atoms with van der Waals surface area (Å²) >= 11 is 1.54. The summed E-state index contributed by atoms with van der Waals surface area (Å²) in [6.07, 6.45) is 0. The first-order chi connectivity index (χ1) is 17.1. The number of nitrogens with one attached hydrogen (secondary N) is 1. The molecule has 35 heavy (non-hydrogen) atoms. The molecule has 5 rings (SSSR count). The highest BCUT2D eigenvalue weighted by Crippen LogP contribution is 2.44. The highest BCUT2D eigenvalue weighted by molar-refractivity contribution is 7.10. The molecule has 2 aromatic carbocycles. The monoisotopic (exact) mass is 486 g/mol. The molecule has 2 atom stereocenters. The van der Waals surface area contributed by atoms with E-state index in [2.05, 4.69) is 10.4 Å². The summed E-state index contributed by atoms with van der Waals surface area (Å²) in [5.74, 6) is -0.272. The number of rotatable bonds is 7. The number of anilines is 1. The van der Waals surface area contributed by atoms with Crippen LogP contribution >= 0.6 is 11.3 Å². The van der Waals surface area contributed by atoms with Crippen LogP contribution in [0.4, 0.5) is 5.82 Å². The topological polar surface area (TPSA) is 76.5 Å². The fourth-order valence-electron chi connectivity index (χ4n) is 4.62. The third-order valence-corrected chi connectivity index (χ3v) is 7.24. The van der Waals surface area contributed by atoms with E-state index in [4.69, 9.17) is 4.74 Å². The van der Waals surface area contributed by atoms with E-state index in [1.54, 1.807) is 34.1 Å². The molecule has 178 valence electrons. The number of hydrogen-bond acceptors (Lipinski definition) is 5. The summed E-state index contributed by atoms with van der Waals surface area (Å²) in [6.45, 7) is 0.770. The van der Waals surface area contributed by atoms with Crippen LogP contribution in [0.15, 0.2) is 78.2 Å². The molecule has 8 heteroatoms.